The van der Waals surface area contributed by atoms with Crippen molar-refractivity contribution in [2.75, 3.05) is 13.7 Å². The van der Waals surface area contributed by atoms with Gasteiger partial charge in [0.2, 0.25) is 0 Å². The van der Waals surface area contributed by atoms with E-state index in [-0.39, 0.29) is 5.03 Å². The molecule has 3 aromatic rings. The van der Waals surface area contributed by atoms with Crippen molar-refractivity contribution in [2.45, 2.75) is 18.4 Å². The zero-order chi connectivity index (χ0) is 20.9. The summed E-state index contributed by atoms with van der Waals surface area (Å²) in [5.74, 6) is 0.0326. The predicted octanol–water partition coefficient (Wildman–Crippen LogP) is 3.27. The van der Waals surface area contributed by atoms with E-state index in [9.17, 15) is 13.2 Å². The van der Waals surface area contributed by atoms with Crippen LogP contribution in [0.1, 0.15) is 12.5 Å². The summed E-state index contributed by atoms with van der Waals surface area (Å²) in [6, 6.07) is 14.6. The Morgan fingerprint density at radius 2 is 1.90 bits per heavy atom. The largest absolute Gasteiger partial charge is 0.493 e. The molecular formula is C20H20N2O5S2. The van der Waals surface area contributed by atoms with Gasteiger partial charge in [0.05, 0.1) is 7.11 Å². The monoisotopic (exact) mass is 432 g/mol. The quantitative estimate of drug-likeness (QED) is 0.587. The van der Waals surface area contributed by atoms with Gasteiger partial charge in [-0.3, -0.25) is 4.79 Å². The zero-order valence-electron chi connectivity index (χ0n) is 15.9. The number of carbonyl (C=O) groups excluding carboxylic acids is 1. The molecule has 0 saturated carbocycles. The van der Waals surface area contributed by atoms with Crippen LogP contribution in [0.2, 0.25) is 0 Å². The van der Waals surface area contributed by atoms with Gasteiger partial charge in [-0.1, -0.05) is 43.3 Å². The minimum Gasteiger partial charge on any atom is -0.493 e. The molecule has 0 saturated heterocycles. The van der Waals surface area contributed by atoms with E-state index >= 15 is 0 Å². The lowest BCUT2D eigenvalue weighted by atomic mass is 10.1. The van der Waals surface area contributed by atoms with Gasteiger partial charge in [0.25, 0.3) is 15.9 Å². The molecule has 7 nitrogen and oxygen atoms in total. The molecule has 0 aliphatic heterocycles. The molecule has 1 N–H and O–H groups in total. The Balaban J connectivity index is 1.65. The molecule has 0 unspecified atom stereocenters. The fourth-order valence-corrected chi connectivity index (χ4v) is 4.59. The molecule has 1 aromatic heterocycles. The number of amides is 1. The third kappa shape index (κ3) is 5.12. The molecule has 0 spiro atoms. The van der Waals surface area contributed by atoms with Crippen molar-refractivity contribution in [3.8, 4) is 22.1 Å². The number of ether oxygens (including phenoxy) is 2. The Morgan fingerprint density at radius 1 is 1.14 bits per heavy atom. The van der Waals surface area contributed by atoms with Gasteiger partial charge in [-0.2, -0.15) is 8.42 Å². The maximum absolute atomic E-state index is 12.4. The predicted molar refractivity (Wildman–Crippen MR) is 111 cm³/mol. The Hall–Kier alpha value is -2.91. The highest BCUT2D eigenvalue weighted by molar-refractivity contribution is 7.90. The molecule has 3 rings (SSSR count). The van der Waals surface area contributed by atoms with Gasteiger partial charge >= 0.3 is 0 Å². The number of nitrogens with one attached hydrogen (secondary N) is 1. The van der Waals surface area contributed by atoms with Crippen LogP contribution in [0.15, 0.2) is 58.9 Å². The van der Waals surface area contributed by atoms with Crippen molar-refractivity contribution >= 4 is 27.3 Å². The van der Waals surface area contributed by atoms with Crippen molar-refractivity contribution in [3.63, 3.8) is 0 Å². The van der Waals surface area contributed by atoms with Crippen molar-refractivity contribution in [1.82, 2.24) is 9.71 Å². The fraction of sp³-hybridized carbons (Fsp3) is 0.200. The first kappa shape index (κ1) is 20.8. The molecule has 9 heteroatoms. The van der Waals surface area contributed by atoms with Crippen molar-refractivity contribution in [3.05, 3.63) is 59.5 Å². The second-order valence-corrected chi connectivity index (χ2v) is 8.50. The van der Waals surface area contributed by atoms with Crippen LogP contribution in [0.25, 0.3) is 10.6 Å². The van der Waals surface area contributed by atoms with E-state index in [1.807, 2.05) is 54.1 Å². The molecule has 1 amide bonds. The number of rotatable bonds is 8. The molecule has 0 bridgehead atoms. The first-order valence-electron chi connectivity index (χ1n) is 8.79. The van der Waals surface area contributed by atoms with E-state index in [0.29, 0.717) is 16.5 Å². The molecule has 2 aromatic carbocycles. The van der Waals surface area contributed by atoms with Crippen molar-refractivity contribution in [1.29, 1.82) is 0 Å². The molecule has 29 heavy (non-hydrogen) atoms. The number of benzene rings is 2. The number of hydrogen-bond donors (Lipinski definition) is 1. The summed E-state index contributed by atoms with van der Waals surface area (Å²) < 4.78 is 37.5. The number of aryl methyl sites for hydroxylation is 1. The number of nitrogens with zero attached hydrogens (tertiary/aromatic N) is 1. The van der Waals surface area contributed by atoms with Crippen LogP contribution in [0.4, 0.5) is 0 Å². The van der Waals surface area contributed by atoms with E-state index < -0.39 is 22.5 Å². The lowest BCUT2D eigenvalue weighted by molar-refractivity contribution is -0.121. The minimum atomic E-state index is -4.09. The topological polar surface area (TPSA) is 94.6 Å². The van der Waals surface area contributed by atoms with Crippen LogP contribution in [0, 0.1) is 0 Å². The minimum absolute atomic E-state index is 0.209. The van der Waals surface area contributed by atoms with E-state index in [4.69, 9.17) is 9.47 Å². The molecule has 152 valence electrons. The molecule has 0 aliphatic carbocycles. The molecule has 1 heterocycles. The van der Waals surface area contributed by atoms with E-state index in [1.54, 1.807) is 6.07 Å². The Kier molecular flexibility index (Phi) is 6.50. The van der Waals surface area contributed by atoms with E-state index in [0.717, 1.165) is 17.5 Å². The van der Waals surface area contributed by atoms with Gasteiger partial charge < -0.3 is 9.47 Å². The van der Waals surface area contributed by atoms with Crippen LogP contribution in [-0.2, 0) is 21.2 Å². The Morgan fingerprint density at radius 3 is 2.59 bits per heavy atom. The highest BCUT2D eigenvalue weighted by Gasteiger charge is 2.22. The van der Waals surface area contributed by atoms with Gasteiger partial charge in [-0.05, 0) is 24.1 Å². The zero-order valence-corrected chi connectivity index (χ0v) is 17.5. The van der Waals surface area contributed by atoms with Gasteiger partial charge in [0.1, 0.15) is 5.01 Å². The number of hydrogen-bond acceptors (Lipinski definition) is 7. The molecule has 0 atom stereocenters. The van der Waals surface area contributed by atoms with Crippen LogP contribution < -0.4 is 14.2 Å². The maximum Gasteiger partial charge on any atom is 0.282 e. The number of sulfonamides is 1. The number of aromatic nitrogens is 1. The molecule has 0 radical (unpaired) electrons. The van der Waals surface area contributed by atoms with Crippen molar-refractivity contribution in [2.24, 2.45) is 0 Å². The fourth-order valence-electron chi connectivity index (χ4n) is 2.52. The van der Waals surface area contributed by atoms with Gasteiger partial charge in [-0.25, -0.2) is 9.71 Å². The summed E-state index contributed by atoms with van der Waals surface area (Å²) in [6.07, 6.45) is 0.827. The summed E-state index contributed by atoms with van der Waals surface area (Å²) in [5, 5.41) is 1.74. The van der Waals surface area contributed by atoms with E-state index in [2.05, 4.69) is 4.98 Å². The van der Waals surface area contributed by atoms with Crippen LogP contribution >= 0.6 is 11.3 Å². The second kappa shape index (κ2) is 9.06. The van der Waals surface area contributed by atoms with Gasteiger partial charge in [0, 0.05) is 10.9 Å². The van der Waals surface area contributed by atoms with Gasteiger partial charge in [-0.15, -0.1) is 11.3 Å². The molecular weight excluding hydrogens is 412 g/mol. The normalized spacial score (nSPS) is 11.1. The SMILES string of the molecule is CCc1ccc(OCC(=O)NS(=O)(=O)c2csc(-c3ccccc3)n2)c(OC)c1. The molecule has 0 fully saturated rings. The Bertz CT molecular complexity index is 1100. The molecule has 0 aliphatic rings. The van der Waals surface area contributed by atoms with Gasteiger partial charge in [0.15, 0.2) is 23.1 Å². The van der Waals surface area contributed by atoms with Crippen LogP contribution in [0.5, 0.6) is 11.5 Å². The van der Waals surface area contributed by atoms with E-state index in [1.165, 1.54) is 23.8 Å². The lowest BCUT2D eigenvalue weighted by Crippen LogP contribution is -2.34. The average Bonchev–Trinajstić information content (AvgIpc) is 3.24. The third-order valence-corrected chi connectivity index (χ3v) is 6.32. The summed E-state index contributed by atoms with van der Waals surface area (Å²) in [5.41, 5.74) is 1.86. The first-order valence-corrected chi connectivity index (χ1v) is 11.2. The van der Waals surface area contributed by atoms with Crippen molar-refractivity contribution < 1.29 is 22.7 Å². The average molecular weight is 433 g/mol. The number of methoxy groups -OCH3 is 1. The Labute approximate surface area is 173 Å². The first-order chi connectivity index (χ1) is 13.9. The number of thiazole rings is 1. The summed E-state index contributed by atoms with van der Waals surface area (Å²) in [4.78, 5) is 16.2. The summed E-state index contributed by atoms with van der Waals surface area (Å²) in [7, 11) is -2.59. The van der Waals surface area contributed by atoms with Crippen LogP contribution in [0.3, 0.4) is 0 Å². The number of carbonyl (C=O) groups is 1. The highest BCUT2D eigenvalue weighted by Crippen LogP contribution is 2.28. The smallest absolute Gasteiger partial charge is 0.282 e. The lowest BCUT2D eigenvalue weighted by Gasteiger charge is -2.11. The maximum atomic E-state index is 12.4. The van der Waals surface area contributed by atoms with Crippen LogP contribution in [-0.4, -0.2) is 33.0 Å². The third-order valence-electron chi connectivity index (χ3n) is 4.02. The summed E-state index contributed by atoms with van der Waals surface area (Å²) in [6.45, 7) is 1.53. The second-order valence-electron chi connectivity index (χ2n) is 6.01. The summed E-state index contributed by atoms with van der Waals surface area (Å²) >= 11 is 1.19. The standard InChI is InChI=1S/C20H20N2O5S2/c1-3-14-9-10-16(17(11-14)26-2)27-12-18(23)22-29(24,25)19-13-28-20(21-19)15-7-5-4-6-8-15/h4-11,13H,3,12H2,1-2H3,(H,22,23). The highest BCUT2D eigenvalue weighted by atomic mass is 32.2.